The molecule has 1 heterocycles. The van der Waals surface area contributed by atoms with Crippen LogP contribution in [0.5, 0.6) is 0 Å². The Morgan fingerprint density at radius 1 is 1.45 bits per heavy atom. The van der Waals surface area contributed by atoms with Crippen molar-refractivity contribution in [2.24, 2.45) is 11.7 Å². The Balaban J connectivity index is 2.09. The zero-order valence-electron chi connectivity index (χ0n) is 12.8. The van der Waals surface area contributed by atoms with Crippen molar-refractivity contribution in [3.63, 3.8) is 0 Å². The van der Waals surface area contributed by atoms with Gasteiger partial charge in [0, 0.05) is 23.3 Å². The van der Waals surface area contributed by atoms with E-state index in [-0.39, 0.29) is 11.9 Å². The predicted octanol–water partition coefficient (Wildman–Crippen LogP) is 2.74. The van der Waals surface area contributed by atoms with E-state index >= 15 is 0 Å². The van der Waals surface area contributed by atoms with Crippen LogP contribution in [0.1, 0.15) is 30.6 Å². The number of nitrogens with one attached hydrogen (secondary N) is 1. The fourth-order valence-electron chi connectivity index (χ4n) is 2.25. The molecule has 0 bridgehead atoms. The molecule has 0 saturated carbocycles. The first-order valence-electron chi connectivity index (χ1n) is 7.31. The Morgan fingerprint density at radius 2 is 2.23 bits per heavy atom. The van der Waals surface area contributed by atoms with Gasteiger partial charge in [-0.05, 0) is 30.5 Å². The van der Waals surface area contributed by atoms with Crippen molar-refractivity contribution < 1.29 is 4.79 Å². The van der Waals surface area contributed by atoms with E-state index in [4.69, 9.17) is 5.73 Å². The third kappa shape index (κ3) is 4.42. The highest BCUT2D eigenvalue weighted by atomic mass is 79.9. The predicted molar refractivity (Wildman–Crippen MR) is 91.0 cm³/mol. The summed E-state index contributed by atoms with van der Waals surface area (Å²) in [5, 5.41) is 7.21. The summed E-state index contributed by atoms with van der Waals surface area (Å²) in [6.45, 7) is 4.66. The van der Waals surface area contributed by atoms with Gasteiger partial charge in [0.2, 0.25) is 0 Å². The van der Waals surface area contributed by atoms with Crippen LogP contribution in [-0.2, 0) is 0 Å². The van der Waals surface area contributed by atoms with Crippen LogP contribution >= 0.6 is 15.9 Å². The summed E-state index contributed by atoms with van der Waals surface area (Å²) in [7, 11) is 0. The molecule has 1 atom stereocenters. The second kappa shape index (κ2) is 7.56. The molecule has 118 valence electrons. The number of hydrogen-bond acceptors (Lipinski definition) is 3. The van der Waals surface area contributed by atoms with Crippen LogP contribution < -0.4 is 11.1 Å². The van der Waals surface area contributed by atoms with E-state index in [1.165, 1.54) is 0 Å². The van der Waals surface area contributed by atoms with Crippen molar-refractivity contribution in [2.45, 2.75) is 26.3 Å². The number of halogens is 1. The number of nitrogens with two attached hydrogens (primary N) is 1. The average Bonchev–Trinajstić information content (AvgIpc) is 2.96. The maximum atomic E-state index is 12.3. The highest BCUT2D eigenvalue weighted by Gasteiger charge is 2.15. The molecule has 0 radical (unpaired) electrons. The van der Waals surface area contributed by atoms with Crippen molar-refractivity contribution >= 4 is 21.8 Å². The van der Waals surface area contributed by atoms with Crippen molar-refractivity contribution in [1.82, 2.24) is 15.1 Å². The number of hydrogen-bond donors (Lipinski definition) is 2. The largest absolute Gasteiger partial charge is 0.348 e. The minimum atomic E-state index is -0.141. The van der Waals surface area contributed by atoms with Gasteiger partial charge in [-0.15, -0.1) is 0 Å². The fourth-order valence-corrected chi connectivity index (χ4v) is 2.64. The quantitative estimate of drug-likeness (QED) is 0.827. The van der Waals surface area contributed by atoms with Gasteiger partial charge in [-0.2, -0.15) is 5.10 Å². The van der Waals surface area contributed by atoms with Crippen molar-refractivity contribution in [1.29, 1.82) is 0 Å². The van der Waals surface area contributed by atoms with Gasteiger partial charge in [0.05, 0.1) is 17.4 Å². The normalized spacial score (nSPS) is 12.4. The van der Waals surface area contributed by atoms with Crippen molar-refractivity contribution in [2.75, 3.05) is 6.54 Å². The lowest BCUT2D eigenvalue weighted by atomic mass is 10.0. The van der Waals surface area contributed by atoms with Gasteiger partial charge in [0.25, 0.3) is 5.91 Å². The molecule has 1 unspecified atom stereocenters. The third-order valence-corrected chi connectivity index (χ3v) is 3.79. The molecule has 0 spiro atoms. The van der Waals surface area contributed by atoms with Crippen LogP contribution in [0.2, 0.25) is 0 Å². The highest BCUT2D eigenvalue weighted by molar-refractivity contribution is 9.10. The van der Waals surface area contributed by atoms with Gasteiger partial charge in [-0.3, -0.25) is 4.79 Å². The van der Waals surface area contributed by atoms with Gasteiger partial charge in [-0.25, -0.2) is 4.68 Å². The number of carbonyl (C=O) groups is 1. The highest BCUT2D eigenvalue weighted by Crippen LogP contribution is 2.15. The minimum absolute atomic E-state index is 0.0123. The standard InChI is InChI=1S/C16H21BrN4O/c1-11(2)6-14(8-18)20-16(22)12-9-19-21(10-12)15-5-3-4-13(17)7-15/h3-5,7,9-11,14H,6,8,18H2,1-2H3,(H,20,22). The van der Waals surface area contributed by atoms with Gasteiger partial charge in [0.1, 0.15) is 0 Å². The Morgan fingerprint density at radius 3 is 2.86 bits per heavy atom. The molecule has 1 aromatic heterocycles. The molecular weight excluding hydrogens is 344 g/mol. The topological polar surface area (TPSA) is 72.9 Å². The molecule has 2 aromatic rings. The number of nitrogens with zero attached hydrogens (tertiary/aromatic N) is 2. The summed E-state index contributed by atoms with van der Waals surface area (Å²) in [6.07, 6.45) is 4.15. The molecule has 6 heteroatoms. The third-order valence-electron chi connectivity index (χ3n) is 3.29. The Bertz CT molecular complexity index is 639. The number of aromatic nitrogens is 2. The SMILES string of the molecule is CC(C)CC(CN)NC(=O)c1cnn(-c2cccc(Br)c2)c1. The van der Waals surface area contributed by atoms with Crippen molar-refractivity contribution in [3.8, 4) is 5.69 Å². The summed E-state index contributed by atoms with van der Waals surface area (Å²) in [6, 6.07) is 7.73. The molecule has 1 amide bonds. The maximum Gasteiger partial charge on any atom is 0.254 e. The maximum absolute atomic E-state index is 12.3. The molecule has 0 saturated heterocycles. The van der Waals surface area contributed by atoms with Gasteiger partial charge < -0.3 is 11.1 Å². The zero-order chi connectivity index (χ0) is 16.1. The second-order valence-corrected chi connectivity index (χ2v) is 6.60. The molecule has 2 rings (SSSR count). The fraction of sp³-hybridized carbons (Fsp3) is 0.375. The first-order valence-corrected chi connectivity index (χ1v) is 8.10. The number of rotatable bonds is 6. The van der Waals surface area contributed by atoms with Crippen LogP contribution in [0, 0.1) is 5.92 Å². The zero-order valence-corrected chi connectivity index (χ0v) is 14.4. The molecule has 0 aliphatic heterocycles. The van der Waals surface area contributed by atoms with E-state index in [1.54, 1.807) is 17.1 Å². The van der Waals surface area contributed by atoms with Gasteiger partial charge in [0.15, 0.2) is 0 Å². The second-order valence-electron chi connectivity index (χ2n) is 5.69. The lowest BCUT2D eigenvalue weighted by Crippen LogP contribution is -2.40. The lowest BCUT2D eigenvalue weighted by molar-refractivity contribution is 0.0934. The smallest absolute Gasteiger partial charge is 0.254 e. The van der Waals surface area contributed by atoms with Crippen LogP contribution in [0.3, 0.4) is 0 Å². The van der Waals surface area contributed by atoms with Crippen LogP contribution in [0.15, 0.2) is 41.1 Å². The van der Waals surface area contributed by atoms with E-state index in [0.29, 0.717) is 18.0 Å². The summed E-state index contributed by atoms with van der Waals surface area (Å²) in [4.78, 5) is 12.3. The van der Waals surface area contributed by atoms with Crippen molar-refractivity contribution in [3.05, 3.63) is 46.7 Å². The minimum Gasteiger partial charge on any atom is -0.348 e. The Labute approximate surface area is 139 Å². The van der Waals surface area contributed by atoms with Gasteiger partial charge >= 0.3 is 0 Å². The van der Waals surface area contributed by atoms with Gasteiger partial charge in [-0.1, -0.05) is 35.8 Å². The molecule has 0 aliphatic carbocycles. The van der Waals surface area contributed by atoms with Crippen LogP contribution in [-0.4, -0.2) is 28.3 Å². The van der Waals surface area contributed by atoms with E-state index in [1.807, 2.05) is 24.3 Å². The van der Waals surface area contributed by atoms with Crippen LogP contribution in [0.25, 0.3) is 5.69 Å². The molecule has 0 aliphatic rings. The van der Waals surface area contributed by atoms with E-state index in [9.17, 15) is 4.79 Å². The summed E-state index contributed by atoms with van der Waals surface area (Å²) < 4.78 is 2.64. The number of carbonyl (C=O) groups excluding carboxylic acids is 1. The molecule has 22 heavy (non-hydrogen) atoms. The van der Waals surface area contributed by atoms with E-state index in [2.05, 4.69) is 40.2 Å². The summed E-state index contributed by atoms with van der Waals surface area (Å²) in [5.41, 5.74) is 7.14. The molecular formula is C16H21BrN4O. The summed E-state index contributed by atoms with van der Waals surface area (Å²) in [5.74, 6) is 0.343. The molecule has 5 nitrogen and oxygen atoms in total. The number of benzene rings is 1. The average molecular weight is 365 g/mol. The first-order chi connectivity index (χ1) is 10.5. The molecule has 1 aromatic carbocycles. The Kier molecular flexibility index (Phi) is 5.74. The van der Waals surface area contributed by atoms with E-state index in [0.717, 1.165) is 16.6 Å². The molecule has 3 N–H and O–H groups in total. The summed E-state index contributed by atoms with van der Waals surface area (Å²) >= 11 is 3.43. The first kappa shape index (κ1) is 16.7. The Hall–Kier alpha value is -1.66. The molecule has 0 fully saturated rings. The monoisotopic (exact) mass is 364 g/mol. The lowest BCUT2D eigenvalue weighted by Gasteiger charge is -2.18. The number of amides is 1. The van der Waals surface area contributed by atoms with E-state index < -0.39 is 0 Å². The van der Waals surface area contributed by atoms with Crippen LogP contribution in [0.4, 0.5) is 0 Å².